The second-order valence-corrected chi connectivity index (χ2v) is 6.76. The number of fused-ring (bicyclic) bond motifs is 1. The van der Waals surface area contributed by atoms with E-state index in [1.165, 1.54) is 0 Å². The van der Waals surface area contributed by atoms with Crippen LogP contribution in [-0.2, 0) is 24.2 Å². The van der Waals surface area contributed by atoms with E-state index in [0.29, 0.717) is 24.2 Å². The first-order valence-corrected chi connectivity index (χ1v) is 8.41. The molecule has 7 nitrogen and oxygen atoms in total. The van der Waals surface area contributed by atoms with E-state index in [-0.39, 0.29) is 12.3 Å². The molecule has 1 amide bonds. The van der Waals surface area contributed by atoms with Gasteiger partial charge in [0.2, 0.25) is 11.8 Å². The highest BCUT2D eigenvalue weighted by Crippen LogP contribution is 2.13. The summed E-state index contributed by atoms with van der Waals surface area (Å²) in [6.07, 6.45) is 4.70. The first kappa shape index (κ1) is 17.1. The first-order valence-electron chi connectivity index (χ1n) is 8.41. The molecule has 0 bridgehead atoms. The third-order valence-corrected chi connectivity index (χ3v) is 4.04. The fourth-order valence-electron chi connectivity index (χ4n) is 2.71. The van der Waals surface area contributed by atoms with Crippen LogP contribution in [0, 0.1) is 12.8 Å². The summed E-state index contributed by atoms with van der Waals surface area (Å²) in [4.78, 5) is 22.9. The molecule has 0 aliphatic carbocycles. The zero-order valence-corrected chi connectivity index (χ0v) is 15.1. The highest BCUT2D eigenvalue weighted by Gasteiger charge is 2.16. The molecular formula is C18H23N5O2. The van der Waals surface area contributed by atoms with Crippen molar-refractivity contribution in [2.75, 3.05) is 7.05 Å². The number of nitrogens with zero attached hydrogens (tertiary/aromatic N) is 5. The number of likely N-dealkylation sites (N-methyl/N-ethyl adjacent to an activating group) is 1. The van der Waals surface area contributed by atoms with Gasteiger partial charge in [-0.15, -0.1) is 0 Å². The second kappa shape index (κ2) is 7.04. The minimum atomic E-state index is -0.0153. The van der Waals surface area contributed by atoms with Crippen LogP contribution in [0.15, 0.2) is 29.0 Å². The van der Waals surface area contributed by atoms with Crippen molar-refractivity contribution in [3.05, 3.63) is 47.5 Å². The van der Waals surface area contributed by atoms with E-state index in [2.05, 4.69) is 29.0 Å². The Kier molecular flexibility index (Phi) is 4.83. The van der Waals surface area contributed by atoms with Gasteiger partial charge < -0.3 is 13.8 Å². The summed E-state index contributed by atoms with van der Waals surface area (Å²) in [6, 6.07) is 3.96. The van der Waals surface area contributed by atoms with Crippen molar-refractivity contribution < 1.29 is 9.32 Å². The van der Waals surface area contributed by atoms with Crippen molar-refractivity contribution >= 4 is 11.6 Å². The number of aromatic nitrogens is 4. The SMILES string of the molecule is Cc1cccn2c(CC(=O)N(C)Cc3noc(CC(C)C)n3)cnc12. The molecule has 3 heterocycles. The van der Waals surface area contributed by atoms with Crippen LogP contribution in [0.25, 0.3) is 5.65 Å². The van der Waals surface area contributed by atoms with E-state index in [9.17, 15) is 4.79 Å². The molecule has 0 unspecified atom stereocenters. The molecule has 7 heteroatoms. The summed E-state index contributed by atoms with van der Waals surface area (Å²) in [5.74, 6) is 1.58. The molecule has 0 fully saturated rings. The lowest BCUT2D eigenvalue weighted by Crippen LogP contribution is -2.28. The minimum Gasteiger partial charge on any atom is -0.339 e. The molecule has 0 saturated carbocycles. The van der Waals surface area contributed by atoms with Gasteiger partial charge in [-0.2, -0.15) is 4.98 Å². The number of rotatable bonds is 6. The maximum absolute atomic E-state index is 12.5. The van der Waals surface area contributed by atoms with Crippen LogP contribution in [0.2, 0.25) is 0 Å². The van der Waals surface area contributed by atoms with Crippen molar-refractivity contribution in [1.29, 1.82) is 0 Å². The number of aryl methyl sites for hydroxylation is 1. The third-order valence-electron chi connectivity index (χ3n) is 4.04. The molecule has 0 aromatic carbocycles. The minimum absolute atomic E-state index is 0.0153. The van der Waals surface area contributed by atoms with Gasteiger partial charge in [0.1, 0.15) is 5.65 Å². The molecule has 3 rings (SSSR count). The summed E-state index contributed by atoms with van der Waals surface area (Å²) < 4.78 is 7.17. The molecule has 0 aliphatic heterocycles. The molecule has 0 spiro atoms. The van der Waals surface area contributed by atoms with Gasteiger partial charge in [0.05, 0.1) is 18.7 Å². The highest BCUT2D eigenvalue weighted by atomic mass is 16.5. The lowest BCUT2D eigenvalue weighted by atomic mass is 10.1. The molecule has 0 atom stereocenters. The summed E-state index contributed by atoms with van der Waals surface area (Å²) in [7, 11) is 1.75. The van der Waals surface area contributed by atoms with Crippen LogP contribution < -0.4 is 0 Å². The zero-order valence-electron chi connectivity index (χ0n) is 15.1. The average Bonchev–Trinajstić information content (AvgIpc) is 3.15. The molecule has 0 radical (unpaired) electrons. The van der Waals surface area contributed by atoms with Gasteiger partial charge in [0.25, 0.3) is 0 Å². The number of imidazole rings is 1. The molecule has 0 saturated heterocycles. The fourth-order valence-corrected chi connectivity index (χ4v) is 2.71. The van der Waals surface area contributed by atoms with Crippen LogP contribution in [0.1, 0.15) is 36.8 Å². The van der Waals surface area contributed by atoms with E-state index in [1.54, 1.807) is 18.1 Å². The quantitative estimate of drug-likeness (QED) is 0.688. The van der Waals surface area contributed by atoms with Gasteiger partial charge >= 0.3 is 0 Å². The van der Waals surface area contributed by atoms with E-state index in [4.69, 9.17) is 4.52 Å². The van der Waals surface area contributed by atoms with Crippen molar-refractivity contribution in [3.63, 3.8) is 0 Å². The van der Waals surface area contributed by atoms with Crippen molar-refractivity contribution in [2.45, 2.75) is 40.2 Å². The van der Waals surface area contributed by atoms with Crippen LogP contribution in [0.3, 0.4) is 0 Å². The number of hydrogen-bond acceptors (Lipinski definition) is 5. The maximum Gasteiger partial charge on any atom is 0.228 e. The summed E-state index contributed by atoms with van der Waals surface area (Å²) in [5, 5.41) is 3.95. The lowest BCUT2D eigenvalue weighted by molar-refractivity contribution is -0.129. The fraction of sp³-hybridized carbons (Fsp3) is 0.444. The zero-order chi connectivity index (χ0) is 18.0. The van der Waals surface area contributed by atoms with E-state index in [0.717, 1.165) is 23.3 Å². The Hall–Kier alpha value is -2.70. The molecule has 3 aromatic rings. The van der Waals surface area contributed by atoms with Gasteiger partial charge in [0, 0.05) is 25.9 Å². The lowest BCUT2D eigenvalue weighted by Gasteiger charge is -2.14. The first-order chi connectivity index (χ1) is 11.9. The van der Waals surface area contributed by atoms with Crippen molar-refractivity contribution in [1.82, 2.24) is 24.4 Å². The standard InChI is InChI=1S/C18H23N5O2/c1-12(2)8-16-20-15(21-25-16)11-22(4)17(24)9-14-10-19-18-13(3)6-5-7-23(14)18/h5-7,10,12H,8-9,11H2,1-4H3. The molecule has 0 N–H and O–H groups in total. The number of carbonyl (C=O) groups excluding carboxylic acids is 1. The van der Waals surface area contributed by atoms with E-state index >= 15 is 0 Å². The molecule has 3 aromatic heterocycles. The summed E-state index contributed by atoms with van der Waals surface area (Å²) in [5.41, 5.74) is 2.83. The predicted octanol–water partition coefficient (Wildman–Crippen LogP) is 2.43. The molecule has 0 aliphatic rings. The average molecular weight is 341 g/mol. The number of pyridine rings is 1. The molecule has 132 valence electrons. The van der Waals surface area contributed by atoms with Crippen LogP contribution >= 0.6 is 0 Å². The Morgan fingerprint density at radius 1 is 1.40 bits per heavy atom. The van der Waals surface area contributed by atoms with Crippen LogP contribution in [0.4, 0.5) is 0 Å². The van der Waals surface area contributed by atoms with Crippen molar-refractivity contribution in [3.8, 4) is 0 Å². The maximum atomic E-state index is 12.5. The topological polar surface area (TPSA) is 76.5 Å². The van der Waals surface area contributed by atoms with Gasteiger partial charge in [-0.05, 0) is 24.5 Å². The largest absolute Gasteiger partial charge is 0.339 e. The Bertz CT molecular complexity index is 881. The number of amides is 1. The van der Waals surface area contributed by atoms with Gasteiger partial charge in [0.15, 0.2) is 5.82 Å². The third kappa shape index (κ3) is 3.87. The Morgan fingerprint density at radius 2 is 2.20 bits per heavy atom. The Morgan fingerprint density at radius 3 is 2.96 bits per heavy atom. The number of hydrogen-bond donors (Lipinski definition) is 0. The molecular weight excluding hydrogens is 318 g/mol. The predicted molar refractivity (Wildman–Crippen MR) is 92.9 cm³/mol. The van der Waals surface area contributed by atoms with Crippen LogP contribution in [0.5, 0.6) is 0 Å². The van der Waals surface area contributed by atoms with Gasteiger partial charge in [-0.3, -0.25) is 4.79 Å². The Labute approximate surface area is 146 Å². The van der Waals surface area contributed by atoms with E-state index < -0.39 is 0 Å². The smallest absolute Gasteiger partial charge is 0.228 e. The van der Waals surface area contributed by atoms with Crippen LogP contribution in [-0.4, -0.2) is 37.4 Å². The second-order valence-electron chi connectivity index (χ2n) is 6.76. The Balaban J connectivity index is 1.66. The highest BCUT2D eigenvalue weighted by molar-refractivity contribution is 5.78. The summed E-state index contributed by atoms with van der Waals surface area (Å²) >= 11 is 0. The van der Waals surface area contributed by atoms with Gasteiger partial charge in [-0.1, -0.05) is 25.1 Å². The van der Waals surface area contributed by atoms with Gasteiger partial charge in [-0.25, -0.2) is 4.98 Å². The van der Waals surface area contributed by atoms with E-state index in [1.807, 2.05) is 29.7 Å². The summed E-state index contributed by atoms with van der Waals surface area (Å²) in [6.45, 7) is 6.52. The monoisotopic (exact) mass is 341 g/mol. The number of carbonyl (C=O) groups is 1. The van der Waals surface area contributed by atoms with Crippen molar-refractivity contribution in [2.24, 2.45) is 5.92 Å². The molecule has 25 heavy (non-hydrogen) atoms. The normalized spacial score (nSPS) is 11.4.